The lowest BCUT2D eigenvalue weighted by atomic mass is 10.00. The average Bonchev–Trinajstić information content (AvgIpc) is 2.75. The lowest BCUT2D eigenvalue weighted by Gasteiger charge is -2.15. The number of rotatable bonds is 6. The van der Waals surface area contributed by atoms with Gasteiger partial charge in [0, 0.05) is 29.1 Å². The number of nitrogens with zero attached hydrogens (tertiary/aromatic N) is 1. The fourth-order valence-electron chi connectivity index (χ4n) is 3.59. The minimum atomic E-state index is -0.287. The zero-order chi connectivity index (χ0) is 21.1. The molecule has 3 nitrogen and oxygen atoms in total. The van der Waals surface area contributed by atoms with Crippen molar-refractivity contribution in [2.45, 2.75) is 27.0 Å². The highest BCUT2D eigenvalue weighted by Crippen LogP contribution is 2.30. The normalized spacial score (nSPS) is 11.2. The molecular formula is C26H24FNO2. The quantitative estimate of drug-likeness (QED) is 0.394. The molecule has 0 saturated heterocycles. The van der Waals surface area contributed by atoms with Crippen molar-refractivity contribution in [3.63, 3.8) is 0 Å². The zero-order valence-electron chi connectivity index (χ0n) is 17.1. The first-order valence-corrected chi connectivity index (χ1v) is 10.1. The van der Waals surface area contributed by atoms with Crippen molar-refractivity contribution in [3.8, 4) is 16.9 Å². The largest absolute Gasteiger partial charge is 0.489 e. The Bertz CT molecular complexity index is 1210. The number of pyridine rings is 1. The van der Waals surface area contributed by atoms with Crippen LogP contribution in [0.3, 0.4) is 0 Å². The molecule has 4 heteroatoms. The summed E-state index contributed by atoms with van der Waals surface area (Å²) in [7, 11) is 0. The molecular weight excluding hydrogens is 377 g/mol. The number of fused-ring (bicyclic) bond motifs is 1. The van der Waals surface area contributed by atoms with E-state index >= 15 is 0 Å². The van der Waals surface area contributed by atoms with Crippen LogP contribution in [0.2, 0.25) is 0 Å². The second-order valence-corrected chi connectivity index (χ2v) is 7.88. The molecule has 0 bridgehead atoms. The Morgan fingerprint density at radius 2 is 1.67 bits per heavy atom. The number of halogens is 1. The van der Waals surface area contributed by atoms with E-state index in [1.54, 1.807) is 16.7 Å². The van der Waals surface area contributed by atoms with E-state index in [0.29, 0.717) is 30.2 Å². The molecule has 0 amide bonds. The van der Waals surface area contributed by atoms with Crippen molar-refractivity contribution >= 4 is 10.8 Å². The molecule has 0 aliphatic rings. The Labute approximate surface area is 175 Å². The number of ether oxygens (including phenoxy) is 1. The molecule has 0 spiro atoms. The van der Waals surface area contributed by atoms with Crippen LogP contribution in [0.15, 0.2) is 83.8 Å². The van der Waals surface area contributed by atoms with Crippen molar-refractivity contribution in [2.75, 3.05) is 0 Å². The third-order valence-corrected chi connectivity index (χ3v) is 5.02. The molecule has 30 heavy (non-hydrogen) atoms. The number of hydrogen-bond donors (Lipinski definition) is 0. The van der Waals surface area contributed by atoms with Gasteiger partial charge >= 0.3 is 0 Å². The van der Waals surface area contributed by atoms with Crippen LogP contribution in [-0.4, -0.2) is 4.57 Å². The van der Waals surface area contributed by atoms with Gasteiger partial charge in [0.2, 0.25) is 0 Å². The molecule has 0 saturated carbocycles. The van der Waals surface area contributed by atoms with Crippen LogP contribution >= 0.6 is 0 Å². The molecule has 0 radical (unpaired) electrons. The average molecular weight is 401 g/mol. The fourth-order valence-corrected chi connectivity index (χ4v) is 3.59. The standard InChI is InChI=1S/C26H24FNO2/c1-18(2)15-28-16-25(20-8-10-21(27)11-9-20)24-14-22(12-13-23(24)26(28)29)30-17-19-6-4-3-5-7-19/h3-14,16,18H,15,17H2,1-2H3. The van der Waals surface area contributed by atoms with Gasteiger partial charge in [0.25, 0.3) is 5.56 Å². The molecule has 0 atom stereocenters. The van der Waals surface area contributed by atoms with Crippen LogP contribution < -0.4 is 10.3 Å². The summed E-state index contributed by atoms with van der Waals surface area (Å²) in [6.45, 7) is 5.22. The minimum absolute atomic E-state index is 0.0285. The van der Waals surface area contributed by atoms with E-state index in [9.17, 15) is 9.18 Å². The van der Waals surface area contributed by atoms with Gasteiger partial charge in [-0.05, 0) is 47.4 Å². The molecule has 0 N–H and O–H groups in total. The first-order chi connectivity index (χ1) is 14.5. The van der Waals surface area contributed by atoms with Crippen LogP contribution in [0.5, 0.6) is 5.75 Å². The van der Waals surface area contributed by atoms with Gasteiger partial charge in [-0.25, -0.2) is 4.39 Å². The van der Waals surface area contributed by atoms with E-state index in [1.807, 2.05) is 54.7 Å². The third-order valence-electron chi connectivity index (χ3n) is 5.02. The van der Waals surface area contributed by atoms with Gasteiger partial charge in [0.15, 0.2) is 0 Å². The van der Waals surface area contributed by atoms with Crippen LogP contribution in [0.4, 0.5) is 4.39 Å². The molecule has 0 aliphatic carbocycles. The first kappa shape index (κ1) is 19.9. The van der Waals surface area contributed by atoms with Gasteiger partial charge in [0.1, 0.15) is 18.2 Å². The smallest absolute Gasteiger partial charge is 0.258 e. The highest BCUT2D eigenvalue weighted by Gasteiger charge is 2.13. The minimum Gasteiger partial charge on any atom is -0.489 e. The summed E-state index contributed by atoms with van der Waals surface area (Å²) < 4.78 is 21.2. The van der Waals surface area contributed by atoms with Gasteiger partial charge in [-0.1, -0.05) is 56.3 Å². The summed E-state index contributed by atoms with van der Waals surface area (Å²) in [5.74, 6) is 0.732. The van der Waals surface area contributed by atoms with Gasteiger partial charge in [-0.2, -0.15) is 0 Å². The van der Waals surface area contributed by atoms with Crippen molar-refractivity contribution in [2.24, 2.45) is 5.92 Å². The summed E-state index contributed by atoms with van der Waals surface area (Å²) in [6.07, 6.45) is 1.87. The SMILES string of the molecule is CC(C)Cn1cc(-c2ccc(F)cc2)c2cc(OCc3ccccc3)ccc2c1=O. The number of benzene rings is 3. The van der Waals surface area contributed by atoms with Crippen molar-refractivity contribution < 1.29 is 9.13 Å². The molecule has 0 fully saturated rings. The fraction of sp³-hybridized carbons (Fsp3) is 0.192. The number of aromatic nitrogens is 1. The molecule has 4 rings (SSSR count). The summed E-state index contributed by atoms with van der Waals surface area (Å²) in [5, 5.41) is 1.43. The van der Waals surface area contributed by atoms with Gasteiger partial charge in [-0.15, -0.1) is 0 Å². The topological polar surface area (TPSA) is 31.2 Å². The van der Waals surface area contributed by atoms with Crippen molar-refractivity contribution in [1.29, 1.82) is 0 Å². The zero-order valence-corrected chi connectivity index (χ0v) is 17.1. The van der Waals surface area contributed by atoms with E-state index in [1.165, 1.54) is 12.1 Å². The first-order valence-electron chi connectivity index (χ1n) is 10.1. The second kappa shape index (κ2) is 8.54. The Morgan fingerprint density at radius 1 is 0.933 bits per heavy atom. The van der Waals surface area contributed by atoms with Gasteiger partial charge in [-0.3, -0.25) is 4.79 Å². The number of hydrogen-bond acceptors (Lipinski definition) is 2. The lowest BCUT2D eigenvalue weighted by molar-refractivity contribution is 0.306. The molecule has 3 aromatic carbocycles. The Balaban J connectivity index is 1.81. The van der Waals surface area contributed by atoms with Crippen LogP contribution in [0, 0.1) is 11.7 Å². The molecule has 0 aliphatic heterocycles. The summed E-state index contributed by atoms with van der Waals surface area (Å²) in [6, 6.07) is 21.9. The van der Waals surface area contributed by atoms with E-state index in [0.717, 1.165) is 22.1 Å². The maximum absolute atomic E-state index is 13.5. The lowest BCUT2D eigenvalue weighted by Crippen LogP contribution is -2.22. The Hall–Kier alpha value is -3.40. The van der Waals surface area contributed by atoms with Crippen LogP contribution in [-0.2, 0) is 13.2 Å². The van der Waals surface area contributed by atoms with Gasteiger partial charge < -0.3 is 9.30 Å². The maximum Gasteiger partial charge on any atom is 0.258 e. The Morgan fingerprint density at radius 3 is 2.37 bits per heavy atom. The van der Waals surface area contributed by atoms with Crippen molar-refractivity contribution in [1.82, 2.24) is 4.57 Å². The predicted octanol–water partition coefficient (Wildman–Crippen LogP) is 6.04. The Kier molecular flexibility index (Phi) is 5.66. The highest BCUT2D eigenvalue weighted by atomic mass is 19.1. The van der Waals surface area contributed by atoms with Crippen LogP contribution in [0.1, 0.15) is 19.4 Å². The second-order valence-electron chi connectivity index (χ2n) is 7.88. The predicted molar refractivity (Wildman–Crippen MR) is 119 cm³/mol. The summed E-state index contributed by atoms with van der Waals surface area (Å²) in [4.78, 5) is 13.1. The van der Waals surface area contributed by atoms with E-state index in [-0.39, 0.29) is 11.4 Å². The maximum atomic E-state index is 13.5. The summed E-state index contributed by atoms with van der Waals surface area (Å²) >= 11 is 0. The molecule has 0 unspecified atom stereocenters. The van der Waals surface area contributed by atoms with Gasteiger partial charge in [0.05, 0.1) is 0 Å². The van der Waals surface area contributed by atoms with Crippen LogP contribution in [0.25, 0.3) is 21.9 Å². The molecule has 1 aromatic heterocycles. The molecule has 1 heterocycles. The highest BCUT2D eigenvalue weighted by molar-refractivity contribution is 5.96. The van der Waals surface area contributed by atoms with Crippen molar-refractivity contribution in [3.05, 3.63) is 101 Å². The monoisotopic (exact) mass is 401 g/mol. The van der Waals surface area contributed by atoms with E-state index in [4.69, 9.17) is 4.74 Å². The molecule has 4 aromatic rings. The molecule has 152 valence electrons. The van der Waals surface area contributed by atoms with E-state index < -0.39 is 0 Å². The third kappa shape index (κ3) is 4.28. The summed E-state index contributed by atoms with van der Waals surface area (Å²) in [5.41, 5.74) is 2.79. The van der Waals surface area contributed by atoms with E-state index in [2.05, 4.69) is 13.8 Å².